The molecule has 2 aromatic carbocycles. The van der Waals surface area contributed by atoms with Gasteiger partial charge in [0.15, 0.2) is 0 Å². The molecule has 1 saturated heterocycles. The van der Waals surface area contributed by atoms with Crippen molar-refractivity contribution >= 4 is 17.5 Å². The van der Waals surface area contributed by atoms with Crippen molar-refractivity contribution in [2.45, 2.75) is 19.8 Å². The van der Waals surface area contributed by atoms with E-state index in [-0.39, 0.29) is 17.5 Å². The molecule has 1 aliphatic heterocycles. The van der Waals surface area contributed by atoms with Crippen LogP contribution in [0, 0.1) is 12.8 Å². The van der Waals surface area contributed by atoms with E-state index in [4.69, 9.17) is 4.74 Å². The molecule has 0 radical (unpaired) electrons. The van der Waals surface area contributed by atoms with Crippen molar-refractivity contribution in [1.82, 2.24) is 15.3 Å². The Morgan fingerprint density at radius 2 is 1.72 bits per heavy atom. The predicted octanol–water partition coefficient (Wildman–Crippen LogP) is 3.86. The maximum atomic E-state index is 12.7. The highest BCUT2D eigenvalue weighted by atomic mass is 16.5. The van der Waals surface area contributed by atoms with Crippen LogP contribution in [0.5, 0.6) is 0 Å². The molecule has 0 aliphatic carbocycles. The molecule has 4 rings (SSSR count). The van der Waals surface area contributed by atoms with Gasteiger partial charge in [0.2, 0.25) is 0 Å². The quantitative estimate of drug-likeness (QED) is 0.619. The number of ether oxygens (including phenoxy) is 1. The molecule has 1 fully saturated rings. The van der Waals surface area contributed by atoms with E-state index < -0.39 is 0 Å². The summed E-state index contributed by atoms with van der Waals surface area (Å²) in [5.74, 6) is 0.0587. The molecule has 3 aromatic rings. The lowest BCUT2D eigenvalue weighted by Gasteiger charge is -2.22. The molecule has 1 aliphatic rings. The number of aromatic nitrogens is 2. The summed E-state index contributed by atoms with van der Waals surface area (Å²) in [6.45, 7) is 3.94. The topological polar surface area (TPSA) is 93.2 Å². The summed E-state index contributed by atoms with van der Waals surface area (Å²) in [7, 11) is 0. The minimum atomic E-state index is -0.313. The molecule has 2 heterocycles. The van der Waals surface area contributed by atoms with Crippen molar-refractivity contribution in [2.75, 3.05) is 25.1 Å². The number of anilines is 1. The van der Waals surface area contributed by atoms with Crippen LogP contribution in [0.2, 0.25) is 0 Å². The molecule has 0 atom stereocenters. The molecule has 1 aromatic heterocycles. The Balaban J connectivity index is 1.43. The minimum Gasteiger partial charge on any atom is -0.381 e. The van der Waals surface area contributed by atoms with Crippen LogP contribution in [0.3, 0.4) is 0 Å². The van der Waals surface area contributed by atoms with Crippen molar-refractivity contribution in [2.24, 2.45) is 5.92 Å². The van der Waals surface area contributed by atoms with Gasteiger partial charge in [0.05, 0.1) is 17.6 Å². The average molecular weight is 431 g/mol. The zero-order valence-electron chi connectivity index (χ0n) is 18.0. The van der Waals surface area contributed by atoms with Crippen LogP contribution in [-0.2, 0) is 4.74 Å². The highest BCUT2D eigenvalue weighted by Gasteiger charge is 2.16. The fraction of sp³-hybridized carbons (Fsp3) is 0.280. The maximum Gasteiger partial charge on any atom is 0.276 e. The zero-order chi connectivity index (χ0) is 22.3. The second kappa shape index (κ2) is 10.2. The fourth-order valence-corrected chi connectivity index (χ4v) is 3.60. The summed E-state index contributed by atoms with van der Waals surface area (Å²) in [6.07, 6.45) is 3.59. The van der Waals surface area contributed by atoms with Crippen LogP contribution in [0.25, 0.3) is 11.3 Å². The highest BCUT2D eigenvalue weighted by Crippen LogP contribution is 2.20. The van der Waals surface area contributed by atoms with Crippen molar-refractivity contribution < 1.29 is 14.3 Å². The van der Waals surface area contributed by atoms with Gasteiger partial charge in [-0.25, -0.2) is 4.98 Å². The second-order valence-electron chi connectivity index (χ2n) is 7.85. The Morgan fingerprint density at radius 1 is 1.00 bits per heavy atom. The van der Waals surface area contributed by atoms with E-state index in [9.17, 15) is 9.59 Å². The Hall–Kier alpha value is -3.58. The summed E-state index contributed by atoms with van der Waals surface area (Å²) >= 11 is 0. The van der Waals surface area contributed by atoms with Crippen LogP contribution < -0.4 is 10.6 Å². The van der Waals surface area contributed by atoms with Crippen molar-refractivity contribution in [3.63, 3.8) is 0 Å². The largest absolute Gasteiger partial charge is 0.381 e. The summed E-state index contributed by atoms with van der Waals surface area (Å²) in [6, 6.07) is 16.4. The highest BCUT2D eigenvalue weighted by molar-refractivity contribution is 6.03. The Bertz CT molecular complexity index is 1080. The van der Waals surface area contributed by atoms with Crippen molar-refractivity contribution in [1.29, 1.82) is 0 Å². The molecule has 164 valence electrons. The fourth-order valence-electron chi connectivity index (χ4n) is 3.60. The molecule has 0 saturated carbocycles. The van der Waals surface area contributed by atoms with Gasteiger partial charge in [-0.2, -0.15) is 0 Å². The molecule has 0 spiro atoms. The first-order valence-electron chi connectivity index (χ1n) is 10.8. The number of nitrogens with zero attached hydrogens (tertiary/aromatic N) is 2. The first kappa shape index (κ1) is 21.6. The smallest absolute Gasteiger partial charge is 0.276 e. The number of aryl methyl sites for hydroxylation is 1. The van der Waals surface area contributed by atoms with Crippen LogP contribution in [-0.4, -0.2) is 41.5 Å². The number of rotatable bonds is 6. The summed E-state index contributed by atoms with van der Waals surface area (Å²) in [5, 5.41) is 5.85. The number of carbonyl (C=O) groups is 2. The van der Waals surface area contributed by atoms with Crippen LogP contribution >= 0.6 is 0 Å². The van der Waals surface area contributed by atoms with Gasteiger partial charge in [0.25, 0.3) is 11.8 Å². The third kappa shape index (κ3) is 5.36. The van der Waals surface area contributed by atoms with Crippen LogP contribution in [0.4, 0.5) is 5.69 Å². The standard InChI is InChI=1S/C25H26N4O3/c1-17-23(25(31)28-21-5-3-2-4-6-21)29-22(16-26-17)19-7-9-20(10-8-19)24(30)27-15-18-11-13-32-14-12-18/h2-10,16,18H,11-15H2,1H3,(H,27,30)(H,28,31). The maximum absolute atomic E-state index is 12.7. The molecule has 0 bridgehead atoms. The molecule has 32 heavy (non-hydrogen) atoms. The van der Waals surface area contributed by atoms with Crippen LogP contribution in [0.1, 0.15) is 39.4 Å². The molecule has 2 N–H and O–H groups in total. The Kier molecular flexibility index (Phi) is 6.87. The molecular formula is C25H26N4O3. The zero-order valence-corrected chi connectivity index (χ0v) is 18.0. The third-order valence-electron chi connectivity index (χ3n) is 5.54. The van der Waals surface area contributed by atoms with Gasteiger partial charge in [-0.15, -0.1) is 0 Å². The van der Waals surface area contributed by atoms with E-state index in [1.54, 1.807) is 25.3 Å². The summed E-state index contributed by atoms with van der Waals surface area (Å²) < 4.78 is 5.36. The van der Waals surface area contributed by atoms with Crippen LogP contribution in [0.15, 0.2) is 60.8 Å². The Labute approximate surface area is 187 Å². The lowest BCUT2D eigenvalue weighted by Crippen LogP contribution is -2.32. The molecule has 0 unspecified atom stereocenters. The number of amides is 2. The Morgan fingerprint density at radius 3 is 2.44 bits per heavy atom. The first-order valence-corrected chi connectivity index (χ1v) is 10.8. The lowest BCUT2D eigenvalue weighted by atomic mass is 10.0. The monoisotopic (exact) mass is 430 g/mol. The van der Waals surface area contributed by atoms with Gasteiger partial charge in [-0.3, -0.25) is 14.6 Å². The number of carbonyl (C=O) groups excluding carboxylic acids is 2. The average Bonchev–Trinajstić information content (AvgIpc) is 2.84. The van der Waals surface area contributed by atoms with Crippen molar-refractivity contribution in [3.8, 4) is 11.3 Å². The van der Waals surface area contributed by atoms with Gasteiger partial charge >= 0.3 is 0 Å². The van der Waals surface area contributed by atoms with Crippen molar-refractivity contribution in [3.05, 3.63) is 77.7 Å². The van der Waals surface area contributed by atoms with Gasteiger partial charge in [0, 0.05) is 36.6 Å². The summed E-state index contributed by atoms with van der Waals surface area (Å²) in [4.78, 5) is 34.0. The second-order valence-corrected chi connectivity index (χ2v) is 7.85. The summed E-state index contributed by atoms with van der Waals surface area (Å²) in [5.41, 5.74) is 3.45. The van der Waals surface area contributed by atoms with E-state index >= 15 is 0 Å². The minimum absolute atomic E-state index is 0.0963. The van der Waals surface area contributed by atoms with E-state index in [2.05, 4.69) is 20.6 Å². The van der Waals surface area contributed by atoms with E-state index in [1.165, 1.54) is 0 Å². The molecule has 7 heteroatoms. The number of hydrogen-bond acceptors (Lipinski definition) is 5. The predicted molar refractivity (Wildman–Crippen MR) is 122 cm³/mol. The van der Waals surface area contributed by atoms with E-state index in [0.29, 0.717) is 35.1 Å². The van der Waals surface area contributed by atoms with Gasteiger partial charge in [-0.1, -0.05) is 30.3 Å². The van der Waals surface area contributed by atoms with E-state index in [1.807, 2.05) is 42.5 Å². The van der Waals surface area contributed by atoms with Gasteiger partial charge in [-0.05, 0) is 49.9 Å². The molecular weight excluding hydrogens is 404 g/mol. The first-order chi connectivity index (χ1) is 15.6. The number of para-hydroxylation sites is 1. The molecule has 7 nitrogen and oxygen atoms in total. The normalized spacial score (nSPS) is 14.0. The molecule has 2 amide bonds. The number of benzene rings is 2. The third-order valence-corrected chi connectivity index (χ3v) is 5.54. The lowest BCUT2D eigenvalue weighted by molar-refractivity contribution is 0.0642. The number of hydrogen-bond donors (Lipinski definition) is 2. The van der Waals surface area contributed by atoms with Gasteiger partial charge in [0.1, 0.15) is 5.69 Å². The number of nitrogens with one attached hydrogen (secondary N) is 2. The SMILES string of the molecule is Cc1ncc(-c2ccc(C(=O)NCC3CCOCC3)cc2)nc1C(=O)Nc1ccccc1. The van der Waals surface area contributed by atoms with E-state index in [0.717, 1.165) is 31.6 Å². The van der Waals surface area contributed by atoms with Gasteiger partial charge < -0.3 is 15.4 Å².